The zero-order valence-electron chi connectivity index (χ0n) is 12.1. The molecule has 0 amide bonds. The summed E-state index contributed by atoms with van der Waals surface area (Å²) in [6, 6.07) is 0. The highest BCUT2D eigenvalue weighted by molar-refractivity contribution is 7.15. The number of aliphatic hydroxyl groups is 1. The van der Waals surface area contributed by atoms with E-state index >= 15 is 0 Å². The van der Waals surface area contributed by atoms with Crippen molar-refractivity contribution in [1.82, 2.24) is 4.98 Å². The lowest BCUT2D eigenvalue weighted by molar-refractivity contribution is 0.131. The van der Waals surface area contributed by atoms with Gasteiger partial charge in [0.15, 0.2) is 5.13 Å². The summed E-state index contributed by atoms with van der Waals surface area (Å²) < 4.78 is 5.65. The van der Waals surface area contributed by atoms with E-state index in [9.17, 15) is 5.11 Å². The summed E-state index contributed by atoms with van der Waals surface area (Å²) in [4.78, 5) is 7.73. The van der Waals surface area contributed by atoms with Crippen LogP contribution in [0.4, 0.5) is 5.13 Å². The van der Waals surface area contributed by atoms with Crippen molar-refractivity contribution < 1.29 is 9.84 Å². The molecule has 19 heavy (non-hydrogen) atoms. The molecule has 0 atom stereocenters. The zero-order valence-corrected chi connectivity index (χ0v) is 12.9. The smallest absolute Gasteiger partial charge is 0.185 e. The van der Waals surface area contributed by atoms with E-state index in [-0.39, 0.29) is 6.61 Å². The van der Waals surface area contributed by atoms with E-state index in [0.29, 0.717) is 5.92 Å². The Bertz CT molecular complexity index is 402. The second-order valence-corrected chi connectivity index (χ2v) is 6.62. The van der Waals surface area contributed by atoms with Crippen LogP contribution in [0.5, 0.6) is 0 Å². The Balaban J connectivity index is 1.84. The number of ether oxygens (including phenoxy) is 1. The first-order valence-electron chi connectivity index (χ1n) is 7.01. The summed E-state index contributed by atoms with van der Waals surface area (Å²) in [5.41, 5.74) is 1.02. The molecule has 0 aliphatic heterocycles. The summed E-state index contributed by atoms with van der Waals surface area (Å²) in [5.74, 6) is 1.17. The number of nitrogens with zero attached hydrogens (tertiary/aromatic N) is 2. The van der Waals surface area contributed by atoms with E-state index in [0.717, 1.165) is 41.4 Å². The summed E-state index contributed by atoms with van der Waals surface area (Å²) in [7, 11) is 2.03. The topological polar surface area (TPSA) is 45.6 Å². The van der Waals surface area contributed by atoms with Crippen LogP contribution in [0.25, 0.3) is 0 Å². The first kappa shape index (κ1) is 14.8. The van der Waals surface area contributed by atoms with E-state index in [2.05, 4.69) is 23.7 Å². The molecule has 108 valence electrons. The Morgan fingerprint density at radius 3 is 2.74 bits per heavy atom. The van der Waals surface area contributed by atoms with E-state index in [1.807, 2.05) is 7.05 Å². The van der Waals surface area contributed by atoms with Gasteiger partial charge in [0.1, 0.15) is 0 Å². The van der Waals surface area contributed by atoms with Gasteiger partial charge in [0.05, 0.1) is 23.8 Å². The maximum atomic E-state index is 9.37. The lowest BCUT2D eigenvalue weighted by atomic mass is 10.1. The van der Waals surface area contributed by atoms with Gasteiger partial charge < -0.3 is 14.7 Å². The molecule has 1 heterocycles. The van der Waals surface area contributed by atoms with Crippen molar-refractivity contribution in [3.05, 3.63) is 10.6 Å². The fraction of sp³-hybridized carbons (Fsp3) is 0.786. The van der Waals surface area contributed by atoms with Crippen LogP contribution in [0.15, 0.2) is 0 Å². The number of hydrogen-bond acceptors (Lipinski definition) is 5. The van der Waals surface area contributed by atoms with E-state index in [1.165, 1.54) is 12.8 Å². The van der Waals surface area contributed by atoms with Gasteiger partial charge >= 0.3 is 0 Å². The van der Waals surface area contributed by atoms with Crippen LogP contribution in [0.1, 0.15) is 43.2 Å². The van der Waals surface area contributed by atoms with Crippen molar-refractivity contribution in [2.24, 2.45) is 5.92 Å². The molecule has 1 aromatic rings. The standard InChI is InChI=1S/C14H24N2O2S/c1-10(2)13-12(8-17)19-14(15-13)16(3)6-7-18-9-11-4-5-11/h10-11,17H,4-9H2,1-3H3. The van der Waals surface area contributed by atoms with Gasteiger partial charge in [-0.05, 0) is 24.7 Å². The van der Waals surface area contributed by atoms with Crippen molar-refractivity contribution in [1.29, 1.82) is 0 Å². The van der Waals surface area contributed by atoms with Crippen molar-refractivity contribution in [3.8, 4) is 0 Å². The molecule has 0 saturated heterocycles. The first-order chi connectivity index (χ1) is 9.11. The van der Waals surface area contributed by atoms with Gasteiger partial charge in [0, 0.05) is 20.2 Å². The zero-order chi connectivity index (χ0) is 13.8. The minimum Gasteiger partial charge on any atom is -0.391 e. The molecule has 0 bridgehead atoms. The van der Waals surface area contributed by atoms with Gasteiger partial charge in [-0.2, -0.15) is 0 Å². The molecule has 1 N–H and O–H groups in total. The van der Waals surface area contributed by atoms with Crippen LogP contribution >= 0.6 is 11.3 Å². The molecular weight excluding hydrogens is 260 g/mol. The van der Waals surface area contributed by atoms with Crippen LogP contribution in [0.2, 0.25) is 0 Å². The lowest BCUT2D eigenvalue weighted by Gasteiger charge is -2.15. The number of aliphatic hydroxyl groups excluding tert-OH is 1. The first-order valence-corrected chi connectivity index (χ1v) is 7.82. The normalized spacial score (nSPS) is 15.2. The Hall–Kier alpha value is -0.650. The molecule has 1 saturated carbocycles. The van der Waals surface area contributed by atoms with Crippen LogP contribution in [-0.4, -0.2) is 36.9 Å². The molecule has 0 radical (unpaired) electrons. The fourth-order valence-electron chi connectivity index (χ4n) is 1.91. The van der Waals surface area contributed by atoms with Crippen molar-refractivity contribution in [3.63, 3.8) is 0 Å². The van der Waals surface area contributed by atoms with Gasteiger partial charge in [0.25, 0.3) is 0 Å². The number of aromatic nitrogens is 1. The Kier molecular flexibility index (Phi) is 5.19. The highest BCUT2D eigenvalue weighted by Gasteiger charge is 2.21. The maximum absolute atomic E-state index is 9.37. The number of anilines is 1. The SMILES string of the molecule is CC(C)c1nc(N(C)CCOCC2CC2)sc1CO. The van der Waals surface area contributed by atoms with Crippen LogP contribution in [0, 0.1) is 5.92 Å². The molecule has 1 aliphatic carbocycles. The predicted molar refractivity (Wildman–Crippen MR) is 78.9 cm³/mol. The second kappa shape index (κ2) is 6.68. The molecular formula is C14H24N2O2S. The number of likely N-dealkylation sites (N-methyl/N-ethyl adjacent to an activating group) is 1. The van der Waals surface area contributed by atoms with Crippen molar-refractivity contribution >= 4 is 16.5 Å². The minimum absolute atomic E-state index is 0.0806. The summed E-state index contributed by atoms with van der Waals surface area (Å²) in [5, 5.41) is 10.3. The molecule has 1 fully saturated rings. The van der Waals surface area contributed by atoms with Crippen molar-refractivity contribution in [2.45, 2.75) is 39.2 Å². The highest BCUT2D eigenvalue weighted by atomic mass is 32.1. The third-order valence-corrected chi connectivity index (χ3v) is 4.52. The van der Waals surface area contributed by atoms with Crippen molar-refractivity contribution in [2.75, 3.05) is 31.7 Å². The largest absolute Gasteiger partial charge is 0.391 e. The Morgan fingerprint density at radius 2 is 2.21 bits per heavy atom. The molecule has 0 aromatic carbocycles. The van der Waals surface area contributed by atoms with Gasteiger partial charge in [-0.3, -0.25) is 0 Å². The van der Waals surface area contributed by atoms with E-state index in [4.69, 9.17) is 4.74 Å². The number of rotatable bonds is 8. The molecule has 2 rings (SSSR count). The highest BCUT2D eigenvalue weighted by Crippen LogP contribution is 2.30. The molecule has 0 spiro atoms. The van der Waals surface area contributed by atoms with Crippen LogP contribution < -0.4 is 4.90 Å². The predicted octanol–water partition coefficient (Wildman–Crippen LogP) is 2.62. The van der Waals surface area contributed by atoms with E-state index in [1.54, 1.807) is 11.3 Å². The average Bonchev–Trinajstić information content (AvgIpc) is 3.10. The molecule has 5 heteroatoms. The molecule has 0 unspecified atom stereocenters. The Labute approximate surface area is 119 Å². The van der Waals surface area contributed by atoms with Crippen LogP contribution in [-0.2, 0) is 11.3 Å². The third-order valence-electron chi connectivity index (χ3n) is 3.35. The summed E-state index contributed by atoms with van der Waals surface area (Å²) in [6.45, 7) is 6.80. The average molecular weight is 284 g/mol. The lowest BCUT2D eigenvalue weighted by Crippen LogP contribution is -2.22. The third kappa shape index (κ3) is 4.16. The minimum atomic E-state index is 0.0806. The maximum Gasteiger partial charge on any atom is 0.185 e. The van der Waals surface area contributed by atoms with Gasteiger partial charge in [-0.1, -0.05) is 25.2 Å². The monoisotopic (exact) mass is 284 g/mol. The fourth-order valence-corrected chi connectivity index (χ4v) is 2.97. The summed E-state index contributed by atoms with van der Waals surface area (Å²) in [6.07, 6.45) is 2.67. The van der Waals surface area contributed by atoms with Crippen LogP contribution in [0.3, 0.4) is 0 Å². The molecule has 1 aliphatic rings. The summed E-state index contributed by atoms with van der Waals surface area (Å²) >= 11 is 1.58. The molecule has 1 aromatic heterocycles. The van der Waals surface area contributed by atoms with Gasteiger partial charge in [-0.25, -0.2) is 4.98 Å². The second-order valence-electron chi connectivity index (χ2n) is 5.56. The van der Waals surface area contributed by atoms with E-state index < -0.39 is 0 Å². The van der Waals surface area contributed by atoms with Gasteiger partial charge in [0.2, 0.25) is 0 Å². The number of hydrogen-bond donors (Lipinski definition) is 1. The Morgan fingerprint density at radius 1 is 1.47 bits per heavy atom. The molecule has 4 nitrogen and oxygen atoms in total. The number of thiazole rings is 1. The quantitative estimate of drug-likeness (QED) is 0.745. The van der Waals surface area contributed by atoms with Gasteiger partial charge in [-0.15, -0.1) is 0 Å².